The van der Waals surface area contributed by atoms with Crippen LogP contribution in [0.2, 0.25) is 0 Å². The van der Waals surface area contributed by atoms with E-state index in [1.54, 1.807) is 7.11 Å². The zero-order valence-electron chi connectivity index (χ0n) is 14.6. The van der Waals surface area contributed by atoms with Crippen LogP contribution in [0.25, 0.3) is 0 Å². The molecule has 0 atom stereocenters. The lowest BCUT2D eigenvalue weighted by molar-refractivity contribution is 0.107. The predicted molar refractivity (Wildman–Crippen MR) is 111 cm³/mol. The van der Waals surface area contributed by atoms with Crippen molar-refractivity contribution in [2.45, 2.75) is 37.6 Å². The Morgan fingerprint density at radius 2 is 1.91 bits per heavy atom. The fourth-order valence-electron chi connectivity index (χ4n) is 3.57. The molecule has 1 saturated carbocycles. The maximum Gasteiger partial charge on any atom is 0.191 e. The number of thioether (sulfide) groups is 1. The summed E-state index contributed by atoms with van der Waals surface area (Å²) in [5.74, 6) is 3.49. The molecule has 1 aliphatic carbocycles. The highest BCUT2D eigenvalue weighted by Crippen LogP contribution is 2.36. The normalized spacial score (nSPS) is 21.7. The van der Waals surface area contributed by atoms with Crippen LogP contribution in [-0.2, 0) is 4.74 Å². The molecular weight excluding hydrogens is 423 g/mol. The van der Waals surface area contributed by atoms with Crippen LogP contribution in [-0.4, -0.2) is 74.8 Å². The standard InChI is InChI=1S/C16H32N4OS.HI/c1-17-15(18-8-5-11-21-2)19-14-16(6-3-4-7-16)20-9-12-22-13-10-20;/h3-14H2,1-2H3,(H2,17,18,19);1H. The molecule has 1 heterocycles. The van der Waals surface area contributed by atoms with Gasteiger partial charge in [-0.1, -0.05) is 12.8 Å². The molecule has 0 aromatic heterocycles. The second kappa shape index (κ2) is 11.8. The van der Waals surface area contributed by atoms with Crippen LogP contribution in [0.3, 0.4) is 0 Å². The Hall–Kier alpha value is 0.270. The molecule has 0 aromatic carbocycles. The van der Waals surface area contributed by atoms with Crippen LogP contribution in [0.1, 0.15) is 32.1 Å². The molecule has 2 N–H and O–H groups in total. The zero-order chi connectivity index (χ0) is 15.7. The molecule has 0 aromatic rings. The van der Waals surface area contributed by atoms with E-state index in [1.807, 2.05) is 7.05 Å². The molecule has 0 spiro atoms. The van der Waals surface area contributed by atoms with Gasteiger partial charge in [0.15, 0.2) is 5.96 Å². The lowest BCUT2D eigenvalue weighted by Gasteiger charge is -2.43. The van der Waals surface area contributed by atoms with Gasteiger partial charge in [-0.15, -0.1) is 24.0 Å². The van der Waals surface area contributed by atoms with E-state index in [-0.39, 0.29) is 24.0 Å². The molecule has 0 unspecified atom stereocenters. The number of methoxy groups -OCH3 is 1. The highest BCUT2D eigenvalue weighted by atomic mass is 127. The number of halogens is 1. The van der Waals surface area contributed by atoms with Gasteiger partial charge in [0, 0.05) is 64.0 Å². The van der Waals surface area contributed by atoms with Gasteiger partial charge >= 0.3 is 0 Å². The molecule has 0 bridgehead atoms. The average molecular weight is 456 g/mol. The Kier molecular flexibility index (Phi) is 10.9. The average Bonchev–Trinajstić information content (AvgIpc) is 3.05. The van der Waals surface area contributed by atoms with Crippen LogP contribution >= 0.6 is 35.7 Å². The lowest BCUT2D eigenvalue weighted by atomic mass is 9.94. The van der Waals surface area contributed by atoms with E-state index in [2.05, 4.69) is 32.3 Å². The first-order valence-corrected chi connectivity index (χ1v) is 9.72. The minimum atomic E-state index is 0. The number of nitrogens with zero attached hydrogens (tertiary/aromatic N) is 2. The molecule has 2 rings (SSSR count). The van der Waals surface area contributed by atoms with Crippen molar-refractivity contribution in [3.63, 3.8) is 0 Å². The van der Waals surface area contributed by atoms with Gasteiger partial charge in [-0.25, -0.2) is 0 Å². The fraction of sp³-hybridized carbons (Fsp3) is 0.938. The molecule has 1 saturated heterocycles. The van der Waals surface area contributed by atoms with Crippen molar-refractivity contribution in [2.75, 3.05) is 58.4 Å². The third-order valence-electron chi connectivity index (χ3n) is 4.84. The highest BCUT2D eigenvalue weighted by molar-refractivity contribution is 14.0. The zero-order valence-corrected chi connectivity index (χ0v) is 17.8. The maximum absolute atomic E-state index is 5.08. The number of hydrogen-bond acceptors (Lipinski definition) is 4. The van der Waals surface area contributed by atoms with E-state index in [0.29, 0.717) is 5.54 Å². The molecule has 0 radical (unpaired) electrons. The number of hydrogen-bond donors (Lipinski definition) is 2. The second-order valence-electron chi connectivity index (χ2n) is 6.23. The van der Waals surface area contributed by atoms with E-state index in [4.69, 9.17) is 4.74 Å². The van der Waals surface area contributed by atoms with Crippen LogP contribution < -0.4 is 10.6 Å². The van der Waals surface area contributed by atoms with Crippen LogP contribution in [0, 0.1) is 0 Å². The highest BCUT2D eigenvalue weighted by Gasteiger charge is 2.39. The van der Waals surface area contributed by atoms with Gasteiger partial charge in [0.2, 0.25) is 0 Å². The van der Waals surface area contributed by atoms with Crippen molar-refractivity contribution >= 4 is 41.7 Å². The summed E-state index contributed by atoms with van der Waals surface area (Å²) in [6.45, 7) is 5.19. The first-order valence-electron chi connectivity index (χ1n) is 8.57. The van der Waals surface area contributed by atoms with E-state index in [9.17, 15) is 0 Å². The summed E-state index contributed by atoms with van der Waals surface area (Å²) in [5.41, 5.74) is 0.352. The van der Waals surface area contributed by atoms with Gasteiger partial charge in [0.25, 0.3) is 0 Å². The lowest BCUT2D eigenvalue weighted by Crippen LogP contribution is -2.57. The molecule has 136 valence electrons. The number of rotatable bonds is 7. The molecule has 5 nitrogen and oxygen atoms in total. The van der Waals surface area contributed by atoms with Crippen molar-refractivity contribution in [1.82, 2.24) is 15.5 Å². The summed E-state index contributed by atoms with van der Waals surface area (Å²) >= 11 is 2.09. The van der Waals surface area contributed by atoms with Crippen molar-refractivity contribution in [1.29, 1.82) is 0 Å². The molecule has 1 aliphatic heterocycles. The fourth-order valence-corrected chi connectivity index (χ4v) is 4.47. The summed E-state index contributed by atoms with van der Waals surface area (Å²) in [6, 6.07) is 0. The van der Waals surface area contributed by atoms with Gasteiger partial charge in [-0.3, -0.25) is 9.89 Å². The van der Waals surface area contributed by atoms with E-state index in [1.165, 1.54) is 50.3 Å². The van der Waals surface area contributed by atoms with Gasteiger partial charge in [-0.2, -0.15) is 11.8 Å². The largest absolute Gasteiger partial charge is 0.385 e. The molecule has 0 amide bonds. The van der Waals surface area contributed by atoms with E-state index < -0.39 is 0 Å². The molecule has 23 heavy (non-hydrogen) atoms. The van der Waals surface area contributed by atoms with Crippen molar-refractivity contribution in [3.05, 3.63) is 0 Å². The van der Waals surface area contributed by atoms with Gasteiger partial charge in [0.1, 0.15) is 0 Å². The number of ether oxygens (including phenoxy) is 1. The Balaban J connectivity index is 0.00000264. The Labute approximate surface area is 162 Å². The monoisotopic (exact) mass is 456 g/mol. The third-order valence-corrected chi connectivity index (χ3v) is 5.78. The second-order valence-corrected chi connectivity index (χ2v) is 7.45. The third kappa shape index (κ3) is 6.59. The first kappa shape index (κ1) is 21.3. The van der Waals surface area contributed by atoms with Crippen LogP contribution in [0.5, 0.6) is 0 Å². The van der Waals surface area contributed by atoms with Gasteiger partial charge in [0.05, 0.1) is 0 Å². The summed E-state index contributed by atoms with van der Waals surface area (Å²) in [6.07, 6.45) is 6.39. The number of guanidine groups is 1. The topological polar surface area (TPSA) is 48.9 Å². The quantitative estimate of drug-likeness (QED) is 0.266. The SMILES string of the molecule is CN=C(NCCCOC)NCC1(N2CCSCC2)CCCC1.I. The minimum absolute atomic E-state index is 0. The van der Waals surface area contributed by atoms with Crippen molar-refractivity contribution < 1.29 is 4.74 Å². The van der Waals surface area contributed by atoms with E-state index in [0.717, 1.165) is 32.1 Å². The van der Waals surface area contributed by atoms with Crippen LogP contribution in [0.15, 0.2) is 4.99 Å². The predicted octanol–water partition coefficient (Wildman–Crippen LogP) is 2.17. The summed E-state index contributed by atoms with van der Waals surface area (Å²) in [5, 5.41) is 6.96. The van der Waals surface area contributed by atoms with Crippen LogP contribution in [0.4, 0.5) is 0 Å². The molecule has 2 fully saturated rings. The maximum atomic E-state index is 5.08. The minimum Gasteiger partial charge on any atom is -0.385 e. The summed E-state index contributed by atoms with van der Waals surface area (Å²) in [4.78, 5) is 7.09. The Morgan fingerprint density at radius 3 is 2.52 bits per heavy atom. The Bertz CT molecular complexity index is 345. The summed E-state index contributed by atoms with van der Waals surface area (Å²) in [7, 11) is 3.60. The number of nitrogens with one attached hydrogen (secondary N) is 2. The van der Waals surface area contributed by atoms with E-state index >= 15 is 0 Å². The smallest absolute Gasteiger partial charge is 0.191 e. The van der Waals surface area contributed by atoms with Gasteiger partial charge in [-0.05, 0) is 19.3 Å². The number of aliphatic imine (C=N–C) groups is 1. The molecular formula is C16H33IN4OS. The first-order chi connectivity index (χ1) is 10.8. The Morgan fingerprint density at radius 1 is 1.22 bits per heavy atom. The molecule has 2 aliphatic rings. The van der Waals surface area contributed by atoms with Gasteiger partial charge < -0.3 is 15.4 Å². The van der Waals surface area contributed by atoms with Crippen molar-refractivity contribution in [3.8, 4) is 0 Å². The van der Waals surface area contributed by atoms with Crippen molar-refractivity contribution in [2.24, 2.45) is 4.99 Å². The molecule has 7 heteroatoms. The summed E-state index contributed by atoms with van der Waals surface area (Å²) < 4.78 is 5.08.